The highest BCUT2D eigenvalue weighted by Gasteiger charge is 2.17. The molecule has 162 valence electrons. The minimum absolute atomic E-state index is 0.0686. The van der Waals surface area contributed by atoms with Gasteiger partial charge in [0.25, 0.3) is 5.56 Å². The molecule has 2 aromatic carbocycles. The summed E-state index contributed by atoms with van der Waals surface area (Å²) in [6.45, 7) is 0.916. The van der Waals surface area contributed by atoms with Crippen LogP contribution in [0.15, 0.2) is 53.3 Å². The van der Waals surface area contributed by atoms with E-state index in [4.69, 9.17) is 0 Å². The topological polar surface area (TPSA) is 94.7 Å². The molecular weight excluding hydrogens is 404 g/mol. The molecule has 8 heteroatoms. The molecule has 0 unspecified atom stereocenters. The molecule has 0 bridgehead atoms. The van der Waals surface area contributed by atoms with E-state index in [-0.39, 0.29) is 17.9 Å². The molecule has 0 atom stereocenters. The summed E-state index contributed by atoms with van der Waals surface area (Å²) in [5.41, 5.74) is 2.01. The molecule has 0 spiro atoms. The van der Waals surface area contributed by atoms with Gasteiger partial charge in [-0.05, 0) is 31.0 Å². The minimum atomic E-state index is -0.196. The van der Waals surface area contributed by atoms with Gasteiger partial charge in [0, 0.05) is 36.7 Å². The maximum atomic E-state index is 12.8. The van der Waals surface area contributed by atoms with Crippen LogP contribution in [0, 0.1) is 0 Å². The average Bonchev–Trinajstić information content (AvgIpc) is 3.05. The molecule has 0 saturated heterocycles. The van der Waals surface area contributed by atoms with Gasteiger partial charge in [-0.1, -0.05) is 36.8 Å². The Labute approximate surface area is 184 Å². The number of nitrogens with one attached hydrogen (secondary N) is 1. The van der Waals surface area contributed by atoms with Gasteiger partial charge in [-0.15, -0.1) is 10.2 Å². The number of carbonyl (C=O) groups is 1. The third-order valence-electron chi connectivity index (χ3n) is 5.88. The number of benzene rings is 2. The van der Waals surface area contributed by atoms with Crippen molar-refractivity contribution in [2.24, 2.45) is 7.05 Å². The molecule has 4 aromatic rings. The van der Waals surface area contributed by atoms with Crippen LogP contribution in [0.5, 0.6) is 0 Å². The molecule has 8 nitrogen and oxygen atoms in total. The smallest absolute Gasteiger partial charge is 0.274 e. The second kappa shape index (κ2) is 8.37. The molecule has 1 aliphatic rings. The predicted octanol–water partition coefficient (Wildman–Crippen LogP) is 3.10. The molecule has 0 aliphatic carbocycles. The second-order valence-electron chi connectivity index (χ2n) is 8.13. The highest BCUT2D eigenvalue weighted by Crippen LogP contribution is 2.25. The minimum Gasteiger partial charge on any atom is -0.326 e. The molecule has 5 rings (SSSR count). The summed E-state index contributed by atoms with van der Waals surface area (Å²) in [5, 5.41) is 17.3. The van der Waals surface area contributed by atoms with Crippen molar-refractivity contribution in [2.45, 2.75) is 38.6 Å². The number of aromatic nitrogens is 5. The van der Waals surface area contributed by atoms with Crippen molar-refractivity contribution in [3.05, 3.63) is 70.4 Å². The summed E-state index contributed by atoms with van der Waals surface area (Å²) < 4.78 is 3.47. The first-order chi connectivity index (χ1) is 15.6. The van der Waals surface area contributed by atoms with Gasteiger partial charge in [-0.25, -0.2) is 4.68 Å². The van der Waals surface area contributed by atoms with E-state index in [9.17, 15) is 9.59 Å². The Balaban J connectivity index is 1.39. The van der Waals surface area contributed by atoms with Crippen LogP contribution in [0.1, 0.15) is 30.8 Å². The summed E-state index contributed by atoms with van der Waals surface area (Å²) in [4.78, 5) is 25.1. The molecule has 2 aromatic heterocycles. The van der Waals surface area contributed by atoms with Crippen LogP contribution >= 0.6 is 0 Å². The molecule has 0 fully saturated rings. The van der Waals surface area contributed by atoms with E-state index in [0.717, 1.165) is 43.0 Å². The fourth-order valence-corrected chi connectivity index (χ4v) is 4.30. The van der Waals surface area contributed by atoms with Gasteiger partial charge in [0.05, 0.1) is 17.5 Å². The highest BCUT2D eigenvalue weighted by atomic mass is 16.1. The summed E-state index contributed by atoms with van der Waals surface area (Å²) in [6.07, 6.45) is 4.48. The number of hydrogen-bond donors (Lipinski definition) is 1. The van der Waals surface area contributed by atoms with E-state index in [2.05, 4.69) is 25.2 Å². The van der Waals surface area contributed by atoms with Crippen LogP contribution in [-0.2, 0) is 31.2 Å². The van der Waals surface area contributed by atoms with Crippen molar-refractivity contribution in [2.75, 3.05) is 5.32 Å². The zero-order valence-electron chi connectivity index (χ0n) is 17.9. The van der Waals surface area contributed by atoms with Gasteiger partial charge in [0.1, 0.15) is 5.82 Å². The molecule has 1 aliphatic heterocycles. The lowest BCUT2D eigenvalue weighted by molar-refractivity contribution is -0.115. The van der Waals surface area contributed by atoms with Gasteiger partial charge in [0.2, 0.25) is 5.91 Å². The Kier molecular flexibility index (Phi) is 5.26. The fraction of sp³-hybridized carbons (Fsp3) is 0.292. The second-order valence-corrected chi connectivity index (χ2v) is 8.13. The summed E-state index contributed by atoms with van der Waals surface area (Å²) in [6, 6.07) is 14.9. The number of fused-ring (bicyclic) bond motifs is 2. The van der Waals surface area contributed by atoms with Gasteiger partial charge in [0.15, 0.2) is 5.82 Å². The Morgan fingerprint density at radius 2 is 1.88 bits per heavy atom. The summed E-state index contributed by atoms with van der Waals surface area (Å²) in [7, 11) is 1.60. The van der Waals surface area contributed by atoms with E-state index in [0.29, 0.717) is 22.2 Å². The first-order valence-corrected chi connectivity index (χ1v) is 10.9. The van der Waals surface area contributed by atoms with Gasteiger partial charge < -0.3 is 9.88 Å². The number of rotatable bonds is 4. The highest BCUT2D eigenvalue weighted by molar-refractivity contribution is 5.95. The van der Waals surface area contributed by atoms with E-state index in [1.807, 2.05) is 42.5 Å². The molecular formula is C24H24N6O2. The normalized spacial score (nSPS) is 13.5. The van der Waals surface area contributed by atoms with Crippen LogP contribution in [0.2, 0.25) is 0 Å². The number of aryl methyl sites for hydroxylation is 2. The van der Waals surface area contributed by atoms with Crippen molar-refractivity contribution < 1.29 is 4.79 Å². The van der Waals surface area contributed by atoms with Crippen LogP contribution in [0.3, 0.4) is 0 Å². The lowest BCUT2D eigenvalue weighted by Gasteiger charge is -2.11. The van der Waals surface area contributed by atoms with E-state index in [1.165, 1.54) is 11.1 Å². The van der Waals surface area contributed by atoms with Crippen LogP contribution in [-0.4, -0.2) is 30.5 Å². The predicted molar refractivity (Wildman–Crippen MR) is 122 cm³/mol. The maximum Gasteiger partial charge on any atom is 0.274 e. The average molecular weight is 428 g/mol. The van der Waals surface area contributed by atoms with Gasteiger partial charge in [-0.3, -0.25) is 9.59 Å². The third kappa shape index (κ3) is 3.79. The number of nitrogens with zero attached hydrogens (tertiary/aromatic N) is 5. The zero-order chi connectivity index (χ0) is 22.1. The third-order valence-corrected chi connectivity index (χ3v) is 5.88. The Bertz CT molecular complexity index is 1370. The molecule has 32 heavy (non-hydrogen) atoms. The number of carbonyl (C=O) groups excluding carboxylic acids is 1. The van der Waals surface area contributed by atoms with Crippen molar-refractivity contribution >= 4 is 22.4 Å². The molecule has 0 saturated carbocycles. The SMILES string of the molecule is Cn1nc(CC(=O)Nc2cccc(-c3nnc4n3CCCCC4)c2)c2ccccc2c1=O. The molecule has 1 amide bonds. The first-order valence-electron chi connectivity index (χ1n) is 10.9. The van der Waals surface area contributed by atoms with Crippen molar-refractivity contribution in [1.82, 2.24) is 24.5 Å². The Hall–Kier alpha value is -3.81. The summed E-state index contributed by atoms with van der Waals surface area (Å²) in [5.74, 6) is 1.67. The lowest BCUT2D eigenvalue weighted by Crippen LogP contribution is -2.24. The quantitative estimate of drug-likeness (QED) is 0.539. The molecule has 1 N–H and O–H groups in total. The largest absolute Gasteiger partial charge is 0.326 e. The van der Waals surface area contributed by atoms with Crippen LogP contribution < -0.4 is 10.9 Å². The number of hydrogen-bond acceptors (Lipinski definition) is 5. The standard InChI is InChI=1S/C24H24N6O2/c1-29-24(32)19-11-5-4-10-18(19)20(28-29)15-22(31)25-17-9-7-8-16(14-17)23-27-26-21-12-3-2-6-13-30(21)23/h4-5,7-11,14H,2-3,6,12-13,15H2,1H3,(H,25,31). The number of anilines is 1. The lowest BCUT2D eigenvalue weighted by atomic mass is 10.1. The van der Waals surface area contributed by atoms with Crippen molar-refractivity contribution in [1.29, 1.82) is 0 Å². The fourth-order valence-electron chi connectivity index (χ4n) is 4.30. The van der Waals surface area contributed by atoms with Gasteiger partial charge >= 0.3 is 0 Å². The van der Waals surface area contributed by atoms with E-state index in [1.54, 1.807) is 13.1 Å². The van der Waals surface area contributed by atoms with Crippen molar-refractivity contribution in [3.63, 3.8) is 0 Å². The number of amides is 1. The van der Waals surface area contributed by atoms with Gasteiger partial charge in [-0.2, -0.15) is 5.10 Å². The van der Waals surface area contributed by atoms with Crippen LogP contribution in [0.25, 0.3) is 22.2 Å². The van der Waals surface area contributed by atoms with Crippen LogP contribution in [0.4, 0.5) is 5.69 Å². The molecule has 3 heterocycles. The van der Waals surface area contributed by atoms with E-state index >= 15 is 0 Å². The first kappa shape index (κ1) is 20.1. The zero-order valence-corrected chi connectivity index (χ0v) is 17.9. The van der Waals surface area contributed by atoms with Crippen molar-refractivity contribution in [3.8, 4) is 11.4 Å². The molecule has 0 radical (unpaired) electrons. The Morgan fingerprint density at radius 1 is 1.03 bits per heavy atom. The summed E-state index contributed by atoms with van der Waals surface area (Å²) >= 11 is 0. The van der Waals surface area contributed by atoms with E-state index < -0.39 is 0 Å². The maximum absolute atomic E-state index is 12.8. The monoisotopic (exact) mass is 428 g/mol. The Morgan fingerprint density at radius 3 is 2.75 bits per heavy atom.